The first-order valence-electron chi connectivity index (χ1n) is 9.12. The fourth-order valence-corrected chi connectivity index (χ4v) is 4.18. The summed E-state index contributed by atoms with van der Waals surface area (Å²) in [7, 11) is 0. The zero-order valence-corrected chi connectivity index (χ0v) is 14.5. The number of ether oxygens (including phenoxy) is 1. The number of nitrogens with one attached hydrogen (secondary N) is 2. The Labute approximate surface area is 147 Å². The molecule has 1 amide bonds. The lowest BCUT2D eigenvalue weighted by Gasteiger charge is -2.44. The number of anilines is 1. The summed E-state index contributed by atoms with van der Waals surface area (Å²) in [5, 5.41) is 0. The molecule has 0 aliphatic carbocycles. The van der Waals surface area contributed by atoms with E-state index in [1.165, 1.54) is 0 Å². The smallest absolute Gasteiger partial charge is 0.241 e. The molecule has 3 fully saturated rings. The van der Waals surface area contributed by atoms with Gasteiger partial charge in [-0.15, -0.1) is 0 Å². The first-order valence-corrected chi connectivity index (χ1v) is 9.12. The van der Waals surface area contributed by atoms with Gasteiger partial charge in [-0.2, -0.15) is 0 Å². The molecular weight excluding hydrogens is 320 g/mol. The van der Waals surface area contributed by atoms with Gasteiger partial charge in [0.05, 0.1) is 19.4 Å². The number of rotatable bonds is 2. The van der Waals surface area contributed by atoms with Gasteiger partial charge in [0.1, 0.15) is 11.9 Å². The molecule has 8 heteroatoms. The van der Waals surface area contributed by atoms with Crippen molar-refractivity contribution in [3.05, 3.63) is 18.6 Å². The number of carbonyl (C=O) groups excluding carboxylic acids is 1. The maximum absolute atomic E-state index is 12.8. The maximum Gasteiger partial charge on any atom is 0.241 e. The van der Waals surface area contributed by atoms with E-state index in [9.17, 15) is 4.79 Å². The average Bonchev–Trinajstić information content (AvgIpc) is 3.12. The van der Waals surface area contributed by atoms with Gasteiger partial charge in [-0.05, 0) is 19.3 Å². The van der Waals surface area contributed by atoms with Crippen LogP contribution in [0, 0.1) is 5.41 Å². The van der Waals surface area contributed by atoms with Gasteiger partial charge in [-0.1, -0.05) is 0 Å². The third-order valence-electron chi connectivity index (χ3n) is 5.42. The Hall–Kier alpha value is -1.77. The highest BCUT2D eigenvalue weighted by atomic mass is 16.5. The number of hydrogen-bond acceptors (Lipinski definition) is 7. The lowest BCUT2D eigenvalue weighted by atomic mass is 9.80. The molecule has 25 heavy (non-hydrogen) atoms. The minimum Gasteiger partial charge on any atom is -0.379 e. The van der Waals surface area contributed by atoms with Gasteiger partial charge in [0.15, 0.2) is 0 Å². The van der Waals surface area contributed by atoms with Crippen molar-refractivity contribution in [2.75, 3.05) is 50.8 Å². The number of aromatic nitrogens is 2. The van der Waals surface area contributed by atoms with Gasteiger partial charge in [-0.25, -0.2) is 10.4 Å². The summed E-state index contributed by atoms with van der Waals surface area (Å²) in [6, 6.07) is -0.0991. The normalized spacial score (nSPS) is 30.5. The van der Waals surface area contributed by atoms with Crippen molar-refractivity contribution in [3.8, 4) is 0 Å². The van der Waals surface area contributed by atoms with Gasteiger partial charge in [0, 0.05) is 50.5 Å². The zero-order chi connectivity index (χ0) is 17.1. The van der Waals surface area contributed by atoms with E-state index in [0.717, 1.165) is 57.8 Å². The molecule has 0 bridgehead atoms. The molecule has 8 nitrogen and oxygen atoms in total. The second-order valence-electron chi connectivity index (χ2n) is 7.31. The number of hydrazine groups is 1. The standard InChI is InChI=1S/C17H26N6O2/c24-16(14-2-4-20-21-14)23-7-1-3-17(12-23)11-22(8-9-25-13-17)15-10-18-5-6-19-15/h5-6,10,14,20-21H,1-4,7-9,11-13H2. The van der Waals surface area contributed by atoms with Crippen LogP contribution >= 0.6 is 0 Å². The summed E-state index contributed by atoms with van der Waals surface area (Å²) in [6.07, 6.45) is 8.16. The largest absolute Gasteiger partial charge is 0.379 e. The van der Waals surface area contributed by atoms with E-state index in [1.54, 1.807) is 18.6 Å². The second-order valence-corrected chi connectivity index (χ2v) is 7.31. The van der Waals surface area contributed by atoms with Crippen LogP contribution in [0.25, 0.3) is 0 Å². The highest BCUT2D eigenvalue weighted by Gasteiger charge is 2.42. The van der Waals surface area contributed by atoms with Crippen LogP contribution < -0.4 is 15.8 Å². The molecule has 3 saturated heterocycles. The Balaban J connectivity index is 1.49. The number of piperidine rings is 1. The molecule has 1 spiro atoms. The van der Waals surface area contributed by atoms with Crippen LogP contribution in [0.2, 0.25) is 0 Å². The quantitative estimate of drug-likeness (QED) is 0.767. The molecule has 4 rings (SSSR count). The van der Waals surface area contributed by atoms with Gasteiger partial charge in [0.2, 0.25) is 5.91 Å². The highest BCUT2D eigenvalue weighted by molar-refractivity contribution is 5.82. The van der Waals surface area contributed by atoms with Crippen LogP contribution in [0.4, 0.5) is 5.82 Å². The van der Waals surface area contributed by atoms with Gasteiger partial charge >= 0.3 is 0 Å². The molecule has 2 unspecified atom stereocenters. The predicted octanol–water partition coefficient (Wildman–Crippen LogP) is -0.211. The Bertz CT molecular complexity index is 594. The van der Waals surface area contributed by atoms with E-state index < -0.39 is 0 Å². The third kappa shape index (κ3) is 3.61. The zero-order valence-electron chi connectivity index (χ0n) is 14.5. The Morgan fingerprint density at radius 2 is 2.28 bits per heavy atom. The fraction of sp³-hybridized carbons (Fsp3) is 0.706. The lowest BCUT2D eigenvalue weighted by Crippen LogP contribution is -2.55. The van der Waals surface area contributed by atoms with Crippen LogP contribution in [-0.4, -0.2) is 72.8 Å². The number of likely N-dealkylation sites (tertiary alicyclic amines) is 1. The predicted molar refractivity (Wildman–Crippen MR) is 92.9 cm³/mol. The molecule has 136 valence electrons. The average molecular weight is 346 g/mol. The van der Waals surface area contributed by atoms with Crippen molar-refractivity contribution in [3.63, 3.8) is 0 Å². The van der Waals surface area contributed by atoms with E-state index >= 15 is 0 Å². The van der Waals surface area contributed by atoms with Crippen molar-refractivity contribution in [2.45, 2.75) is 25.3 Å². The molecule has 2 N–H and O–H groups in total. The van der Waals surface area contributed by atoms with Crippen molar-refractivity contribution in [2.24, 2.45) is 5.41 Å². The van der Waals surface area contributed by atoms with Crippen molar-refractivity contribution in [1.82, 2.24) is 25.7 Å². The number of nitrogens with zero attached hydrogens (tertiary/aromatic N) is 4. The van der Waals surface area contributed by atoms with Crippen molar-refractivity contribution in [1.29, 1.82) is 0 Å². The van der Waals surface area contributed by atoms with Crippen LogP contribution in [0.1, 0.15) is 19.3 Å². The van der Waals surface area contributed by atoms with Crippen molar-refractivity contribution < 1.29 is 9.53 Å². The van der Waals surface area contributed by atoms with Crippen LogP contribution in [0.5, 0.6) is 0 Å². The van der Waals surface area contributed by atoms with Gasteiger partial charge in [0.25, 0.3) is 0 Å². The summed E-state index contributed by atoms with van der Waals surface area (Å²) < 4.78 is 5.94. The van der Waals surface area contributed by atoms with E-state index in [1.807, 2.05) is 4.90 Å². The Morgan fingerprint density at radius 3 is 3.08 bits per heavy atom. The first kappa shape index (κ1) is 16.7. The second kappa shape index (κ2) is 7.23. The van der Waals surface area contributed by atoms with E-state index in [0.29, 0.717) is 13.2 Å². The minimum absolute atomic E-state index is 0.0338. The molecule has 2 atom stereocenters. The number of hydrogen-bond donors (Lipinski definition) is 2. The molecule has 0 radical (unpaired) electrons. The molecule has 0 saturated carbocycles. The van der Waals surface area contributed by atoms with E-state index in [-0.39, 0.29) is 17.4 Å². The monoisotopic (exact) mass is 346 g/mol. The molecule has 0 aromatic carbocycles. The topological polar surface area (TPSA) is 82.6 Å². The summed E-state index contributed by atoms with van der Waals surface area (Å²) in [6.45, 7) is 5.47. The summed E-state index contributed by atoms with van der Waals surface area (Å²) in [5.41, 5.74) is 6.11. The SMILES string of the molecule is O=C(C1CCNN1)N1CCCC2(COCCN(c3cnccn3)C2)C1. The molecule has 3 aliphatic heterocycles. The summed E-state index contributed by atoms with van der Waals surface area (Å²) in [5.74, 6) is 1.09. The first-order chi connectivity index (χ1) is 12.3. The molecular formula is C17H26N6O2. The molecule has 1 aromatic rings. The van der Waals surface area contributed by atoms with Crippen LogP contribution in [0.15, 0.2) is 18.6 Å². The third-order valence-corrected chi connectivity index (χ3v) is 5.42. The van der Waals surface area contributed by atoms with Gasteiger partial charge in [-0.3, -0.25) is 15.2 Å². The van der Waals surface area contributed by atoms with Gasteiger partial charge < -0.3 is 14.5 Å². The summed E-state index contributed by atoms with van der Waals surface area (Å²) in [4.78, 5) is 25.7. The molecule has 4 heterocycles. The fourth-order valence-electron chi connectivity index (χ4n) is 4.18. The minimum atomic E-state index is -0.0991. The molecule has 1 aromatic heterocycles. The Kier molecular flexibility index (Phi) is 4.82. The maximum atomic E-state index is 12.8. The van der Waals surface area contributed by atoms with Crippen LogP contribution in [0.3, 0.4) is 0 Å². The molecule has 3 aliphatic rings. The van der Waals surface area contributed by atoms with Crippen molar-refractivity contribution >= 4 is 11.7 Å². The lowest BCUT2D eigenvalue weighted by molar-refractivity contribution is -0.137. The van der Waals surface area contributed by atoms with E-state index in [2.05, 4.69) is 25.7 Å². The summed E-state index contributed by atoms with van der Waals surface area (Å²) >= 11 is 0. The van der Waals surface area contributed by atoms with Crippen LogP contribution in [-0.2, 0) is 9.53 Å². The number of amides is 1. The highest BCUT2D eigenvalue weighted by Crippen LogP contribution is 2.34. The number of carbonyl (C=O) groups is 1. The Morgan fingerprint density at radius 1 is 1.32 bits per heavy atom. The van der Waals surface area contributed by atoms with E-state index in [4.69, 9.17) is 4.74 Å².